The molecule has 0 N–H and O–H groups in total. The Kier molecular flexibility index (Phi) is 6.47. The zero-order valence-electron chi connectivity index (χ0n) is 11.3. The van der Waals surface area contributed by atoms with Gasteiger partial charge in [0.25, 0.3) is 0 Å². The average Bonchev–Trinajstić information content (AvgIpc) is 2.42. The maximum atomic E-state index is 5.68. The van der Waals surface area contributed by atoms with Gasteiger partial charge < -0.3 is 4.84 Å². The van der Waals surface area contributed by atoms with Crippen LogP contribution in [-0.2, 0) is 0 Å². The highest BCUT2D eigenvalue weighted by molar-refractivity contribution is 6.31. The molecule has 0 saturated heterocycles. The fourth-order valence-corrected chi connectivity index (χ4v) is 2.56. The van der Waals surface area contributed by atoms with Crippen LogP contribution in [0.1, 0.15) is 57.8 Å². The van der Waals surface area contributed by atoms with Gasteiger partial charge in [0.2, 0.25) is 10.6 Å². The van der Waals surface area contributed by atoms with Crippen LogP contribution >= 0.6 is 23.2 Å². The molecule has 7 heteroatoms. The molecule has 1 aliphatic carbocycles. The summed E-state index contributed by atoms with van der Waals surface area (Å²) in [5, 5.41) is 4.17. The summed E-state index contributed by atoms with van der Waals surface area (Å²) in [4.78, 5) is 16.5. The Morgan fingerprint density at radius 3 is 1.80 bits per heavy atom. The maximum absolute atomic E-state index is 5.68. The van der Waals surface area contributed by atoms with Crippen LogP contribution in [-0.4, -0.2) is 20.7 Å². The molecule has 0 amide bonds. The Morgan fingerprint density at radius 1 is 0.750 bits per heavy atom. The largest absolute Gasteiger partial charge is 0.351 e. The van der Waals surface area contributed by atoms with Crippen LogP contribution in [0, 0.1) is 0 Å². The Hall–Kier alpha value is -0.940. The molecule has 2 rings (SSSR count). The van der Waals surface area contributed by atoms with E-state index in [1.165, 1.54) is 32.1 Å². The van der Waals surface area contributed by atoms with Gasteiger partial charge in [-0.25, -0.2) is 0 Å². The average molecular weight is 317 g/mol. The third-order valence-electron chi connectivity index (χ3n) is 3.25. The van der Waals surface area contributed by atoms with Gasteiger partial charge >= 0.3 is 6.01 Å². The van der Waals surface area contributed by atoms with Crippen molar-refractivity contribution in [1.29, 1.82) is 0 Å². The fourth-order valence-electron chi connectivity index (χ4n) is 2.21. The van der Waals surface area contributed by atoms with E-state index >= 15 is 0 Å². The molecule has 1 aromatic rings. The van der Waals surface area contributed by atoms with Crippen LogP contribution in [0.2, 0.25) is 10.6 Å². The van der Waals surface area contributed by atoms with E-state index < -0.39 is 0 Å². The highest BCUT2D eigenvalue weighted by Gasteiger charge is 2.07. The van der Waals surface area contributed by atoms with Crippen LogP contribution in [0.5, 0.6) is 6.01 Å². The highest BCUT2D eigenvalue weighted by atomic mass is 35.5. The first-order valence-corrected chi connectivity index (χ1v) is 7.79. The molecule has 0 atom stereocenters. The summed E-state index contributed by atoms with van der Waals surface area (Å²) in [5.74, 6) is 0. The third-order valence-corrected chi connectivity index (χ3v) is 3.59. The number of oxime groups is 1. The molecule has 1 fully saturated rings. The van der Waals surface area contributed by atoms with E-state index in [0.717, 1.165) is 31.4 Å². The minimum Gasteiger partial charge on any atom is -0.315 e. The van der Waals surface area contributed by atoms with Crippen LogP contribution < -0.4 is 4.84 Å². The van der Waals surface area contributed by atoms with Gasteiger partial charge in [-0.2, -0.15) is 15.0 Å². The molecule has 110 valence electrons. The Morgan fingerprint density at radius 2 is 1.25 bits per heavy atom. The summed E-state index contributed by atoms with van der Waals surface area (Å²) in [5.41, 5.74) is 1.06. The number of aromatic nitrogens is 3. The van der Waals surface area contributed by atoms with Gasteiger partial charge in [0.1, 0.15) is 0 Å². The van der Waals surface area contributed by atoms with Gasteiger partial charge in [0.05, 0.1) is 5.71 Å². The Bertz CT molecular complexity index is 435. The first-order valence-electron chi connectivity index (χ1n) is 7.04. The molecule has 5 nitrogen and oxygen atoms in total. The van der Waals surface area contributed by atoms with Crippen molar-refractivity contribution >= 4 is 28.9 Å². The third kappa shape index (κ3) is 5.59. The lowest BCUT2D eigenvalue weighted by Gasteiger charge is -2.09. The number of halogens is 2. The molecule has 1 heterocycles. The number of rotatable bonds is 2. The van der Waals surface area contributed by atoms with Gasteiger partial charge in [-0.05, 0) is 48.9 Å². The lowest BCUT2D eigenvalue weighted by molar-refractivity contribution is 0.308. The minimum absolute atomic E-state index is 0.00570. The van der Waals surface area contributed by atoms with Crippen molar-refractivity contribution in [2.45, 2.75) is 57.8 Å². The van der Waals surface area contributed by atoms with Gasteiger partial charge in [-0.3, -0.25) is 0 Å². The summed E-state index contributed by atoms with van der Waals surface area (Å²) in [6, 6.07) is 0.0413. The van der Waals surface area contributed by atoms with E-state index in [4.69, 9.17) is 28.0 Å². The standard InChI is InChI=1S/C13H18Cl2N4O/c14-11-16-12(15)18-13(17-11)20-19-10-8-6-4-2-1-3-5-7-9-10/h1-9H2. The van der Waals surface area contributed by atoms with Crippen molar-refractivity contribution in [3.63, 3.8) is 0 Å². The van der Waals surface area contributed by atoms with Gasteiger partial charge in [-0.15, -0.1) is 0 Å². The second kappa shape index (κ2) is 8.37. The molecule has 0 aliphatic heterocycles. The smallest absolute Gasteiger partial charge is 0.315 e. The fraction of sp³-hybridized carbons (Fsp3) is 0.692. The first kappa shape index (κ1) is 15.4. The number of nitrogens with zero attached hydrogens (tertiary/aromatic N) is 4. The Labute approximate surface area is 128 Å². The molecular formula is C13H18Cl2N4O. The summed E-state index contributed by atoms with van der Waals surface area (Å²) >= 11 is 11.4. The zero-order valence-corrected chi connectivity index (χ0v) is 12.8. The summed E-state index contributed by atoms with van der Waals surface area (Å²) in [6.45, 7) is 0. The summed E-state index contributed by atoms with van der Waals surface area (Å²) < 4.78 is 0. The van der Waals surface area contributed by atoms with Gasteiger partial charge in [0, 0.05) is 0 Å². The van der Waals surface area contributed by atoms with E-state index in [0.29, 0.717) is 0 Å². The molecule has 0 bridgehead atoms. The predicted molar refractivity (Wildman–Crippen MR) is 79.5 cm³/mol. The molecular weight excluding hydrogens is 299 g/mol. The zero-order chi connectivity index (χ0) is 14.2. The Balaban J connectivity index is 1.95. The van der Waals surface area contributed by atoms with Crippen LogP contribution in [0.3, 0.4) is 0 Å². The summed E-state index contributed by atoms with van der Waals surface area (Å²) in [7, 11) is 0. The molecule has 0 spiro atoms. The van der Waals surface area contributed by atoms with E-state index in [9.17, 15) is 0 Å². The maximum Gasteiger partial charge on any atom is 0.351 e. The van der Waals surface area contributed by atoms with Gasteiger partial charge in [0.15, 0.2) is 0 Å². The molecule has 0 radical (unpaired) electrons. The summed E-state index contributed by atoms with van der Waals surface area (Å²) in [6.07, 6.45) is 10.7. The molecule has 1 saturated carbocycles. The second-order valence-corrected chi connectivity index (χ2v) is 5.56. The molecule has 1 aliphatic rings. The van der Waals surface area contributed by atoms with Crippen LogP contribution in [0.15, 0.2) is 5.16 Å². The first-order chi connectivity index (χ1) is 9.74. The molecule has 20 heavy (non-hydrogen) atoms. The van der Waals surface area contributed by atoms with E-state index in [1.807, 2.05) is 0 Å². The minimum atomic E-state index is 0.00570. The van der Waals surface area contributed by atoms with E-state index in [2.05, 4.69) is 20.1 Å². The molecule has 1 aromatic heterocycles. The monoisotopic (exact) mass is 316 g/mol. The van der Waals surface area contributed by atoms with Gasteiger partial charge in [-0.1, -0.05) is 37.3 Å². The van der Waals surface area contributed by atoms with Crippen molar-refractivity contribution in [3.8, 4) is 6.01 Å². The highest BCUT2D eigenvalue weighted by Crippen LogP contribution is 2.16. The van der Waals surface area contributed by atoms with E-state index in [1.54, 1.807) is 0 Å². The number of hydrogen-bond acceptors (Lipinski definition) is 5. The molecule has 0 aromatic carbocycles. The van der Waals surface area contributed by atoms with Crippen molar-refractivity contribution in [2.75, 3.05) is 0 Å². The van der Waals surface area contributed by atoms with Crippen molar-refractivity contribution in [2.24, 2.45) is 5.16 Å². The van der Waals surface area contributed by atoms with Crippen molar-refractivity contribution in [1.82, 2.24) is 15.0 Å². The number of hydrogen-bond donors (Lipinski definition) is 0. The second-order valence-electron chi connectivity index (χ2n) is 4.88. The van der Waals surface area contributed by atoms with Crippen molar-refractivity contribution < 1.29 is 4.84 Å². The molecule has 0 unspecified atom stereocenters. The van der Waals surface area contributed by atoms with Crippen molar-refractivity contribution in [3.05, 3.63) is 10.6 Å². The quantitative estimate of drug-likeness (QED) is 0.757. The lowest BCUT2D eigenvalue weighted by Crippen LogP contribution is -2.04. The van der Waals surface area contributed by atoms with E-state index in [-0.39, 0.29) is 16.6 Å². The predicted octanol–water partition coefficient (Wildman–Crippen LogP) is 4.44. The lowest BCUT2D eigenvalue weighted by atomic mass is 10.00. The van der Waals surface area contributed by atoms with Crippen LogP contribution in [0.25, 0.3) is 0 Å². The van der Waals surface area contributed by atoms with Crippen LogP contribution in [0.4, 0.5) is 0 Å². The topological polar surface area (TPSA) is 60.3 Å². The normalized spacial score (nSPS) is 17.6. The SMILES string of the molecule is Clc1nc(Cl)nc(ON=C2CCCCCCCCC2)n1.